The lowest BCUT2D eigenvalue weighted by Gasteiger charge is -2.40. The Morgan fingerprint density at radius 1 is 0.500 bits per heavy atom. The quantitative estimate of drug-likeness (QED) is 0.0266. The summed E-state index contributed by atoms with van der Waals surface area (Å²) < 4.78 is 12.0. The minimum atomic E-state index is -0.143. The second-order valence-corrected chi connectivity index (χ2v) is 24.6. The highest BCUT2D eigenvalue weighted by Crippen LogP contribution is 2.44. The Hall–Kier alpha value is -3.92. The Bertz CT molecular complexity index is 1980. The third kappa shape index (κ3) is 32.7. The molecular weight excluding hydrogens is 929 g/mol. The molecule has 0 saturated heterocycles. The van der Waals surface area contributed by atoms with Crippen LogP contribution in [0.4, 0.5) is 0 Å². The van der Waals surface area contributed by atoms with Gasteiger partial charge < -0.3 is 9.47 Å². The van der Waals surface area contributed by atoms with Gasteiger partial charge in [0.2, 0.25) is 0 Å². The maximum absolute atomic E-state index is 12.8. The number of ether oxygens (including phenoxy) is 2. The molecule has 0 saturated carbocycles. The first-order valence-corrected chi connectivity index (χ1v) is 31.3. The van der Waals surface area contributed by atoms with Crippen LogP contribution in [0.25, 0.3) is 0 Å². The summed E-state index contributed by atoms with van der Waals surface area (Å²) in [6, 6.07) is 0. The molecule has 2 aliphatic carbocycles. The number of unbranched alkanes of at least 4 members (excludes halogenated alkanes) is 24. The van der Waals surface area contributed by atoms with Crippen LogP contribution in [0.2, 0.25) is 0 Å². The molecule has 428 valence electrons. The zero-order valence-corrected chi connectivity index (χ0v) is 51.4. The highest BCUT2D eigenvalue weighted by Gasteiger charge is 2.37. The van der Waals surface area contributed by atoms with Gasteiger partial charge in [-0.3, -0.25) is 9.59 Å². The molecule has 0 spiro atoms. The van der Waals surface area contributed by atoms with Crippen LogP contribution >= 0.6 is 0 Å². The molecule has 0 aromatic heterocycles. The van der Waals surface area contributed by atoms with Gasteiger partial charge in [-0.05, 0) is 89.7 Å². The molecule has 3 unspecified atom stereocenters. The fourth-order valence-electron chi connectivity index (χ4n) is 11.3. The van der Waals surface area contributed by atoms with Gasteiger partial charge in [0.25, 0.3) is 0 Å². The summed E-state index contributed by atoms with van der Waals surface area (Å²) in [7, 11) is 0. The van der Waals surface area contributed by atoms with Crippen LogP contribution in [0.3, 0.4) is 0 Å². The van der Waals surface area contributed by atoms with Crippen molar-refractivity contribution in [2.75, 3.05) is 0 Å². The molecule has 76 heavy (non-hydrogen) atoms. The van der Waals surface area contributed by atoms with Crippen LogP contribution in [0.5, 0.6) is 0 Å². The third-order valence-corrected chi connectivity index (χ3v) is 15.8. The maximum atomic E-state index is 12.8. The van der Waals surface area contributed by atoms with Crippen LogP contribution in [-0.4, -0.2) is 24.1 Å². The van der Waals surface area contributed by atoms with Gasteiger partial charge in [0.1, 0.15) is 12.2 Å². The first-order valence-electron chi connectivity index (χ1n) is 31.3. The van der Waals surface area contributed by atoms with Gasteiger partial charge in [0.05, 0.1) is 0 Å². The van der Waals surface area contributed by atoms with Crippen molar-refractivity contribution >= 4 is 11.9 Å². The Morgan fingerprint density at radius 2 is 0.882 bits per heavy atom. The lowest BCUT2D eigenvalue weighted by molar-refractivity contribution is -0.151. The molecule has 0 aromatic carbocycles. The van der Waals surface area contributed by atoms with E-state index < -0.39 is 0 Å². The number of hydrogen-bond donors (Lipinski definition) is 0. The fourth-order valence-corrected chi connectivity index (χ4v) is 11.3. The summed E-state index contributed by atoms with van der Waals surface area (Å²) in [5.74, 6) is 0.224. The SMILES string of the molecule is CCCCCCCCCCCCCCCC(=O)OC1C=C(C)C(C=CC(C)=CC=CC(C)=CC=CC=C(C)C=CC=C(C)C=CC2=C(C)CC(OC(=O)CCCCCCCCCCCCCCC)CC2(C)C)C(C)(C)C1. The summed E-state index contributed by atoms with van der Waals surface area (Å²) >= 11 is 0. The van der Waals surface area contributed by atoms with Crippen molar-refractivity contribution in [3.63, 3.8) is 0 Å². The summed E-state index contributed by atoms with van der Waals surface area (Å²) in [4.78, 5) is 25.6. The monoisotopic (exact) mass is 1040 g/mol. The Labute approximate surface area is 470 Å². The Kier molecular flexibility index (Phi) is 36.9. The summed E-state index contributed by atoms with van der Waals surface area (Å²) in [6.07, 6.45) is 69.9. The van der Waals surface area contributed by atoms with E-state index in [0.717, 1.165) is 44.9 Å². The van der Waals surface area contributed by atoms with Gasteiger partial charge in [-0.25, -0.2) is 0 Å². The number of allylic oxidation sites excluding steroid dienone is 20. The number of rotatable bonds is 40. The van der Waals surface area contributed by atoms with Crippen molar-refractivity contribution in [1.29, 1.82) is 0 Å². The summed E-state index contributed by atoms with van der Waals surface area (Å²) in [6.45, 7) is 26.6. The molecule has 2 rings (SSSR count). The number of esters is 2. The van der Waals surface area contributed by atoms with Crippen molar-refractivity contribution in [1.82, 2.24) is 0 Å². The molecule has 0 amide bonds. The highest BCUT2D eigenvalue weighted by atomic mass is 16.5. The topological polar surface area (TPSA) is 52.6 Å². The fraction of sp³-hybridized carbons (Fsp3) is 0.667. The molecule has 2 aliphatic rings. The van der Waals surface area contributed by atoms with Gasteiger partial charge in [0, 0.05) is 25.2 Å². The van der Waals surface area contributed by atoms with Crippen LogP contribution in [-0.2, 0) is 19.1 Å². The molecular formula is C72H116O4. The third-order valence-electron chi connectivity index (χ3n) is 15.8. The average molecular weight is 1050 g/mol. The molecule has 0 bridgehead atoms. The van der Waals surface area contributed by atoms with E-state index in [1.807, 2.05) is 0 Å². The van der Waals surface area contributed by atoms with E-state index in [1.165, 1.54) is 180 Å². The molecule has 4 nitrogen and oxygen atoms in total. The largest absolute Gasteiger partial charge is 0.462 e. The molecule has 0 heterocycles. The first kappa shape index (κ1) is 68.2. The van der Waals surface area contributed by atoms with Crippen LogP contribution in [0.1, 0.15) is 282 Å². The standard InChI is InChI=1S/C72H116O4/c1-13-15-17-19-21-23-25-27-29-31-33-35-37-49-69(73)75-65-55-63(7)67(71(9,10)57-65)53-51-61(5)47-41-45-59(3)43-39-40-44-60(4)46-42-48-62(6)52-54-68-64(8)56-66(58-72(68,11)12)76-70(74)50-38-36-34-32-30-28-26-24-22-20-18-16-14-2/h39-48,51-55,65-67H,13-38,49-50,56-58H2,1-12H3. The van der Waals surface area contributed by atoms with Crippen LogP contribution in [0, 0.1) is 16.7 Å². The molecule has 0 N–H and O–H groups in total. The number of hydrogen-bond acceptors (Lipinski definition) is 4. The van der Waals surface area contributed by atoms with E-state index >= 15 is 0 Å². The van der Waals surface area contributed by atoms with E-state index in [0.29, 0.717) is 18.8 Å². The smallest absolute Gasteiger partial charge is 0.306 e. The molecule has 0 aliphatic heterocycles. The zero-order valence-electron chi connectivity index (χ0n) is 51.4. The number of carbonyl (C=O) groups is 2. The summed E-state index contributed by atoms with van der Waals surface area (Å²) in [5.41, 5.74) is 8.64. The Balaban J connectivity index is 1.73. The molecule has 3 atom stereocenters. The van der Waals surface area contributed by atoms with Gasteiger partial charge in [-0.2, -0.15) is 0 Å². The van der Waals surface area contributed by atoms with E-state index in [9.17, 15) is 9.59 Å². The van der Waals surface area contributed by atoms with E-state index in [1.54, 1.807) is 0 Å². The maximum Gasteiger partial charge on any atom is 0.306 e. The minimum Gasteiger partial charge on any atom is -0.462 e. The van der Waals surface area contributed by atoms with Crippen LogP contribution in [0.15, 0.2) is 130 Å². The second-order valence-electron chi connectivity index (χ2n) is 24.6. The van der Waals surface area contributed by atoms with Crippen molar-refractivity contribution in [2.45, 2.75) is 294 Å². The van der Waals surface area contributed by atoms with Gasteiger partial charge >= 0.3 is 11.9 Å². The van der Waals surface area contributed by atoms with E-state index in [4.69, 9.17) is 9.47 Å². The second kappa shape index (κ2) is 41.2. The predicted molar refractivity (Wildman–Crippen MR) is 332 cm³/mol. The van der Waals surface area contributed by atoms with Gasteiger partial charge in [0.15, 0.2) is 0 Å². The minimum absolute atomic E-state index is 0.00519. The molecule has 0 fully saturated rings. The highest BCUT2D eigenvalue weighted by molar-refractivity contribution is 5.70. The molecule has 0 aromatic rings. The van der Waals surface area contributed by atoms with Gasteiger partial charge in [-0.1, -0.05) is 314 Å². The van der Waals surface area contributed by atoms with E-state index in [-0.39, 0.29) is 35.0 Å². The lowest BCUT2D eigenvalue weighted by Crippen LogP contribution is -2.34. The number of carbonyl (C=O) groups excluding carboxylic acids is 2. The first-order chi connectivity index (χ1) is 36.5. The predicted octanol–water partition coefficient (Wildman–Crippen LogP) is 22.5. The average Bonchev–Trinajstić information content (AvgIpc) is 3.34. The van der Waals surface area contributed by atoms with E-state index in [2.05, 4.69) is 174 Å². The van der Waals surface area contributed by atoms with Crippen molar-refractivity contribution in [3.8, 4) is 0 Å². The molecule has 4 heteroatoms. The van der Waals surface area contributed by atoms with Crippen molar-refractivity contribution < 1.29 is 19.1 Å². The van der Waals surface area contributed by atoms with Crippen molar-refractivity contribution in [2.24, 2.45) is 16.7 Å². The van der Waals surface area contributed by atoms with Crippen LogP contribution < -0.4 is 0 Å². The van der Waals surface area contributed by atoms with Gasteiger partial charge in [-0.15, -0.1) is 0 Å². The normalized spacial score (nSPS) is 19.8. The Morgan fingerprint density at radius 3 is 1.30 bits per heavy atom. The summed E-state index contributed by atoms with van der Waals surface area (Å²) in [5, 5.41) is 0. The van der Waals surface area contributed by atoms with Crippen molar-refractivity contribution in [3.05, 3.63) is 130 Å². The molecule has 0 radical (unpaired) electrons. The lowest BCUT2D eigenvalue weighted by atomic mass is 9.67. The zero-order chi connectivity index (χ0) is 55.9.